The Labute approximate surface area is 90.3 Å². The molecule has 2 nitrogen and oxygen atoms in total. The van der Waals surface area contributed by atoms with Crippen molar-refractivity contribution >= 4 is 15.9 Å². The molecule has 14 heavy (non-hydrogen) atoms. The lowest BCUT2D eigenvalue weighted by atomic mass is 9.89. The fourth-order valence-corrected chi connectivity index (χ4v) is 1.89. The smallest absolute Gasteiger partial charge is 0.127 e. The second-order valence-electron chi connectivity index (χ2n) is 3.74. The van der Waals surface area contributed by atoms with Crippen molar-refractivity contribution in [3.8, 4) is 0 Å². The molecular weight excluding hydrogens is 249 g/mol. The molecule has 0 aliphatic carbocycles. The summed E-state index contributed by atoms with van der Waals surface area (Å²) in [5.41, 5.74) is -0.188. The van der Waals surface area contributed by atoms with Gasteiger partial charge < -0.3 is 10.4 Å². The predicted molar refractivity (Wildman–Crippen MR) is 55.6 cm³/mol. The van der Waals surface area contributed by atoms with Gasteiger partial charge in [0.25, 0.3) is 0 Å². The van der Waals surface area contributed by atoms with Crippen molar-refractivity contribution in [2.24, 2.45) is 0 Å². The van der Waals surface area contributed by atoms with Gasteiger partial charge in [0.05, 0.1) is 5.60 Å². The van der Waals surface area contributed by atoms with E-state index in [1.807, 2.05) is 0 Å². The number of β-amino-alcohol motifs (C(OH)–C–C–N with tert-alkyl or cyclic N) is 1. The monoisotopic (exact) mass is 259 g/mol. The molecule has 4 heteroatoms. The van der Waals surface area contributed by atoms with E-state index in [4.69, 9.17) is 0 Å². The van der Waals surface area contributed by atoms with Gasteiger partial charge in [0.15, 0.2) is 0 Å². The predicted octanol–water partition coefficient (Wildman–Crippen LogP) is 1.46. The van der Waals surface area contributed by atoms with Crippen LogP contribution < -0.4 is 5.32 Å². The fraction of sp³-hybridized carbons (Fsp3) is 0.400. The van der Waals surface area contributed by atoms with Gasteiger partial charge in [-0.05, 0) is 17.7 Å². The van der Waals surface area contributed by atoms with Gasteiger partial charge in [-0.25, -0.2) is 4.39 Å². The summed E-state index contributed by atoms with van der Waals surface area (Å²) in [6.45, 7) is 1.09. The third kappa shape index (κ3) is 1.97. The van der Waals surface area contributed by atoms with E-state index in [1.54, 1.807) is 12.1 Å². The number of hydrogen-bond acceptors (Lipinski definition) is 2. The molecule has 1 saturated heterocycles. The van der Waals surface area contributed by atoms with E-state index in [-0.39, 0.29) is 5.82 Å². The van der Waals surface area contributed by atoms with Gasteiger partial charge in [0.2, 0.25) is 0 Å². The third-order valence-electron chi connectivity index (χ3n) is 2.44. The number of rotatable bonds is 2. The summed E-state index contributed by atoms with van der Waals surface area (Å²) in [4.78, 5) is 0. The van der Waals surface area contributed by atoms with E-state index in [1.165, 1.54) is 6.07 Å². The van der Waals surface area contributed by atoms with Gasteiger partial charge in [-0.3, -0.25) is 0 Å². The summed E-state index contributed by atoms with van der Waals surface area (Å²) in [5, 5.41) is 12.8. The Bertz CT molecular complexity index is 352. The second-order valence-corrected chi connectivity index (χ2v) is 4.66. The average Bonchev–Trinajstić information content (AvgIpc) is 2.07. The molecule has 76 valence electrons. The molecule has 0 aromatic heterocycles. The van der Waals surface area contributed by atoms with Crippen LogP contribution in [0.15, 0.2) is 22.7 Å². The van der Waals surface area contributed by atoms with Crippen LogP contribution in [0.4, 0.5) is 4.39 Å². The highest BCUT2D eigenvalue weighted by atomic mass is 79.9. The SMILES string of the molecule is OC1(Cc2ccc(Br)cc2F)CNC1. The van der Waals surface area contributed by atoms with Crippen LogP contribution >= 0.6 is 15.9 Å². The average molecular weight is 260 g/mol. The standard InChI is InChI=1S/C10H11BrFNO/c11-8-2-1-7(9(12)3-8)4-10(14)5-13-6-10/h1-3,13-14H,4-6H2. The second kappa shape index (κ2) is 3.61. The summed E-state index contributed by atoms with van der Waals surface area (Å²) in [5.74, 6) is -0.264. The zero-order valence-electron chi connectivity index (χ0n) is 7.56. The fourth-order valence-electron chi connectivity index (χ4n) is 1.56. The number of aliphatic hydroxyl groups is 1. The first-order valence-electron chi connectivity index (χ1n) is 4.46. The van der Waals surface area contributed by atoms with Crippen LogP contribution in [0.5, 0.6) is 0 Å². The Morgan fingerprint density at radius 1 is 1.50 bits per heavy atom. The van der Waals surface area contributed by atoms with Crippen molar-refractivity contribution in [1.29, 1.82) is 0 Å². The first-order chi connectivity index (χ1) is 6.59. The Morgan fingerprint density at radius 2 is 2.21 bits per heavy atom. The molecule has 0 amide bonds. The molecule has 1 aliphatic rings. The molecule has 0 saturated carbocycles. The minimum absolute atomic E-state index is 0.264. The van der Waals surface area contributed by atoms with Crippen molar-refractivity contribution < 1.29 is 9.50 Å². The van der Waals surface area contributed by atoms with Crippen LogP contribution in [0, 0.1) is 5.82 Å². The van der Waals surface area contributed by atoms with Crippen LogP contribution in [0.25, 0.3) is 0 Å². The van der Waals surface area contributed by atoms with E-state index in [0.717, 1.165) is 4.47 Å². The molecule has 2 rings (SSSR count). The van der Waals surface area contributed by atoms with E-state index >= 15 is 0 Å². The Hall–Kier alpha value is -0.450. The van der Waals surface area contributed by atoms with Crippen molar-refractivity contribution in [2.45, 2.75) is 12.0 Å². The van der Waals surface area contributed by atoms with E-state index in [9.17, 15) is 9.50 Å². The highest BCUT2D eigenvalue weighted by molar-refractivity contribution is 9.10. The van der Waals surface area contributed by atoms with E-state index < -0.39 is 5.60 Å². The van der Waals surface area contributed by atoms with Gasteiger partial charge in [0.1, 0.15) is 5.82 Å². The first-order valence-corrected chi connectivity index (χ1v) is 5.25. The number of nitrogens with one attached hydrogen (secondary N) is 1. The van der Waals surface area contributed by atoms with Crippen LogP contribution in [0.1, 0.15) is 5.56 Å². The van der Waals surface area contributed by atoms with E-state index in [0.29, 0.717) is 25.1 Å². The number of halogens is 2. The molecule has 1 fully saturated rings. The number of benzene rings is 1. The Balaban J connectivity index is 2.16. The third-order valence-corrected chi connectivity index (χ3v) is 2.94. The lowest BCUT2D eigenvalue weighted by molar-refractivity contribution is -0.00968. The van der Waals surface area contributed by atoms with Crippen molar-refractivity contribution in [3.05, 3.63) is 34.1 Å². The van der Waals surface area contributed by atoms with Crippen molar-refractivity contribution in [2.75, 3.05) is 13.1 Å². The zero-order chi connectivity index (χ0) is 10.2. The maximum absolute atomic E-state index is 13.4. The van der Waals surface area contributed by atoms with Gasteiger partial charge >= 0.3 is 0 Å². The minimum atomic E-state index is -0.755. The number of hydrogen-bond donors (Lipinski definition) is 2. The van der Waals surface area contributed by atoms with Crippen LogP contribution in [0.2, 0.25) is 0 Å². The Morgan fingerprint density at radius 3 is 2.71 bits per heavy atom. The molecule has 2 N–H and O–H groups in total. The molecule has 0 spiro atoms. The maximum atomic E-state index is 13.4. The molecule has 0 unspecified atom stereocenters. The molecule has 0 atom stereocenters. The zero-order valence-corrected chi connectivity index (χ0v) is 9.14. The molecule has 1 heterocycles. The molecule has 1 aliphatic heterocycles. The Kier molecular flexibility index (Phi) is 2.60. The normalized spacial score (nSPS) is 19.1. The summed E-state index contributed by atoms with van der Waals surface area (Å²) < 4.78 is 14.1. The molecule has 1 aromatic carbocycles. The van der Waals surface area contributed by atoms with Gasteiger partial charge in [-0.1, -0.05) is 22.0 Å². The van der Waals surface area contributed by atoms with Gasteiger partial charge in [-0.2, -0.15) is 0 Å². The highest BCUT2D eigenvalue weighted by Crippen LogP contribution is 2.22. The largest absolute Gasteiger partial charge is 0.387 e. The summed E-state index contributed by atoms with van der Waals surface area (Å²) in [7, 11) is 0. The van der Waals surface area contributed by atoms with Crippen LogP contribution in [0.3, 0.4) is 0 Å². The van der Waals surface area contributed by atoms with Crippen molar-refractivity contribution in [1.82, 2.24) is 5.32 Å². The molecule has 1 aromatic rings. The van der Waals surface area contributed by atoms with Crippen LogP contribution in [-0.2, 0) is 6.42 Å². The van der Waals surface area contributed by atoms with E-state index in [2.05, 4.69) is 21.2 Å². The quantitative estimate of drug-likeness (QED) is 0.843. The van der Waals surface area contributed by atoms with Gasteiger partial charge in [-0.15, -0.1) is 0 Å². The summed E-state index contributed by atoms with van der Waals surface area (Å²) in [6.07, 6.45) is 0.374. The summed E-state index contributed by atoms with van der Waals surface area (Å²) in [6, 6.07) is 4.91. The van der Waals surface area contributed by atoms with Crippen molar-refractivity contribution in [3.63, 3.8) is 0 Å². The lowest BCUT2D eigenvalue weighted by Crippen LogP contribution is -2.60. The maximum Gasteiger partial charge on any atom is 0.127 e. The molecular formula is C10H11BrFNO. The first kappa shape index (κ1) is 10.1. The lowest BCUT2D eigenvalue weighted by Gasteiger charge is -2.37. The highest BCUT2D eigenvalue weighted by Gasteiger charge is 2.34. The van der Waals surface area contributed by atoms with Gasteiger partial charge in [0, 0.05) is 24.0 Å². The minimum Gasteiger partial charge on any atom is -0.387 e. The molecule has 0 radical (unpaired) electrons. The van der Waals surface area contributed by atoms with Crippen LogP contribution in [-0.4, -0.2) is 23.8 Å². The molecule has 0 bridgehead atoms. The topological polar surface area (TPSA) is 32.3 Å². The summed E-state index contributed by atoms with van der Waals surface area (Å²) >= 11 is 3.19.